The number of hydrogen-bond donors (Lipinski definition) is 1. The molecule has 0 atom stereocenters. The summed E-state index contributed by atoms with van der Waals surface area (Å²) in [4.78, 5) is 3.61. The molecule has 54 valence electrons. The lowest BCUT2D eigenvalue weighted by Crippen LogP contribution is -1.94. The van der Waals surface area contributed by atoms with Crippen LogP contribution in [0.15, 0.2) is 12.4 Å². The highest BCUT2D eigenvalue weighted by atomic mass is 19.1. The van der Waals surface area contributed by atoms with E-state index >= 15 is 0 Å². The van der Waals surface area contributed by atoms with E-state index in [2.05, 4.69) is 4.98 Å². The molecule has 10 heavy (non-hydrogen) atoms. The monoisotopic (exact) mass is 141 g/mol. The van der Waals surface area contributed by atoms with Gasteiger partial charge in [-0.3, -0.25) is 4.98 Å². The maximum absolute atomic E-state index is 12.6. The molecule has 0 radical (unpaired) electrons. The smallest absolute Gasteiger partial charge is 0.147 e. The molecule has 0 aromatic carbocycles. The molecule has 0 unspecified atom stereocenters. The Hall–Kier alpha value is -0.960. The molecule has 0 fully saturated rings. The van der Waals surface area contributed by atoms with Crippen LogP contribution in [0.5, 0.6) is 0 Å². The van der Waals surface area contributed by atoms with E-state index < -0.39 is 5.82 Å². The van der Waals surface area contributed by atoms with Crippen LogP contribution >= 0.6 is 0 Å². The summed E-state index contributed by atoms with van der Waals surface area (Å²) in [5.41, 5.74) is 1.01. The van der Waals surface area contributed by atoms with Crippen molar-refractivity contribution < 1.29 is 9.50 Å². The highest BCUT2D eigenvalue weighted by Gasteiger charge is 2.02. The Morgan fingerprint density at radius 3 is 2.70 bits per heavy atom. The van der Waals surface area contributed by atoms with Gasteiger partial charge in [-0.1, -0.05) is 0 Å². The minimum absolute atomic E-state index is 0.264. The number of aryl methyl sites for hydroxylation is 1. The fraction of sp³-hybridized carbons (Fsp3) is 0.286. The lowest BCUT2D eigenvalue weighted by atomic mass is 10.2. The molecule has 1 aromatic rings. The van der Waals surface area contributed by atoms with Gasteiger partial charge in [0.15, 0.2) is 0 Å². The Morgan fingerprint density at radius 1 is 1.60 bits per heavy atom. The molecule has 0 spiro atoms. The summed E-state index contributed by atoms with van der Waals surface area (Å²) in [6, 6.07) is 0. The molecule has 1 heterocycles. The Balaban J connectivity index is 3.17. The van der Waals surface area contributed by atoms with Gasteiger partial charge in [-0.25, -0.2) is 4.39 Å². The van der Waals surface area contributed by atoms with Gasteiger partial charge in [-0.15, -0.1) is 0 Å². The van der Waals surface area contributed by atoms with Crippen LogP contribution in [0.3, 0.4) is 0 Å². The SMILES string of the molecule is Cc1cncc(F)c1CO. The second-order valence-corrected chi connectivity index (χ2v) is 2.07. The van der Waals surface area contributed by atoms with Crippen molar-refractivity contribution in [2.75, 3.05) is 0 Å². The van der Waals surface area contributed by atoms with Crippen LogP contribution in [0, 0.1) is 12.7 Å². The van der Waals surface area contributed by atoms with Crippen LogP contribution in [0.2, 0.25) is 0 Å². The predicted octanol–water partition coefficient (Wildman–Crippen LogP) is 1.02. The van der Waals surface area contributed by atoms with Crippen molar-refractivity contribution in [2.24, 2.45) is 0 Å². The molecule has 0 amide bonds. The third-order valence-corrected chi connectivity index (χ3v) is 1.38. The summed E-state index contributed by atoms with van der Waals surface area (Å²) >= 11 is 0. The van der Waals surface area contributed by atoms with Gasteiger partial charge in [0, 0.05) is 11.8 Å². The molecule has 1 aromatic heterocycles. The number of halogens is 1. The standard InChI is InChI=1S/C7H8FNO/c1-5-2-9-3-7(8)6(5)4-10/h2-3,10H,4H2,1H3. The fourth-order valence-corrected chi connectivity index (χ4v) is 0.759. The van der Waals surface area contributed by atoms with Crippen molar-refractivity contribution in [2.45, 2.75) is 13.5 Å². The van der Waals surface area contributed by atoms with E-state index in [1.807, 2.05) is 0 Å². The first-order valence-electron chi connectivity index (χ1n) is 2.95. The Morgan fingerprint density at radius 2 is 2.30 bits per heavy atom. The maximum atomic E-state index is 12.6. The maximum Gasteiger partial charge on any atom is 0.147 e. The van der Waals surface area contributed by atoms with Crippen molar-refractivity contribution in [3.05, 3.63) is 29.3 Å². The van der Waals surface area contributed by atoms with Crippen molar-refractivity contribution in [3.8, 4) is 0 Å². The second-order valence-electron chi connectivity index (χ2n) is 2.07. The van der Waals surface area contributed by atoms with Crippen LogP contribution in [-0.4, -0.2) is 10.1 Å². The molecule has 0 aliphatic heterocycles. The van der Waals surface area contributed by atoms with E-state index in [4.69, 9.17) is 5.11 Å². The van der Waals surface area contributed by atoms with Crippen LogP contribution in [-0.2, 0) is 6.61 Å². The highest BCUT2D eigenvalue weighted by Crippen LogP contribution is 2.09. The molecular weight excluding hydrogens is 133 g/mol. The molecule has 2 nitrogen and oxygen atoms in total. The number of nitrogens with zero attached hydrogens (tertiary/aromatic N) is 1. The van der Waals surface area contributed by atoms with Gasteiger partial charge in [0.05, 0.1) is 12.8 Å². The van der Waals surface area contributed by atoms with E-state index in [0.29, 0.717) is 11.1 Å². The van der Waals surface area contributed by atoms with Crippen LogP contribution in [0.4, 0.5) is 4.39 Å². The number of aromatic nitrogens is 1. The van der Waals surface area contributed by atoms with E-state index in [9.17, 15) is 4.39 Å². The fourth-order valence-electron chi connectivity index (χ4n) is 0.759. The summed E-state index contributed by atoms with van der Waals surface area (Å²) in [6.07, 6.45) is 2.62. The van der Waals surface area contributed by atoms with E-state index in [-0.39, 0.29) is 6.61 Å². The first-order valence-corrected chi connectivity index (χ1v) is 2.95. The van der Waals surface area contributed by atoms with Gasteiger partial charge in [-0.2, -0.15) is 0 Å². The average Bonchev–Trinajstić information content (AvgIpc) is 1.88. The Bertz CT molecular complexity index is 217. The lowest BCUT2D eigenvalue weighted by molar-refractivity contribution is 0.274. The Labute approximate surface area is 58.3 Å². The molecule has 0 aliphatic carbocycles. The van der Waals surface area contributed by atoms with Gasteiger partial charge in [-0.05, 0) is 12.5 Å². The summed E-state index contributed by atoms with van der Waals surface area (Å²) in [7, 11) is 0. The molecular formula is C7H8FNO. The lowest BCUT2D eigenvalue weighted by Gasteiger charge is -2.00. The Kier molecular flexibility index (Phi) is 1.97. The largest absolute Gasteiger partial charge is 0.392 e. The van der Waals surface area contributed by atoms with Crippen molar-refractivity contribution in [3.63, 3.8) is 0 Å². The zero-order valence-electron chi connectivity index (χ0n) is 5.63. The topological polar surface area (TPSA) is 33.1 Å². The molecule has 0 saturated heterocycles. The predicted molar refractivity (Wildman–Crippen MR) is 34.9 cm³/mol. The summed E-state index contributed by atoms with van der Waals surface area (Å²) in [6.45, 7) is 1.45. The zero-order valence-corrected chi connectivity index (χ0v) is 5.63. The summed E-state index contributed by atoms with van der Waals surface area (Å²) in [5, 5.41) is 8.63. The number of aliphatic hydroxyl groups is 1. The van der Waals surface area contributed by atoms with E-state index in [1.54, 1.807) is 6.92 Å². The molecule has 1 N–H and O–H groups in total. The third kappa shape index (κ3) is 1.14. The van der Waals surface area contributed by atoms with Crippen molar-refractivity contribution in [1.82, 2.24) is 4.98 Å². The minimum Gasteiger partial charge on any atom is -0.392 e. The van der Waals surface area contributed by atoms with Crippen LogP contribution < -0.4 is 0 Å². The number of hydrogen-bond acceptors (Lipinski definition) is 2. The molecule has 0 aliphatic rings. The second kappa shape index (κ2) is 2.75. The molecule has 0 saturated carbocycles. The molecule has 3 heteroatoms. The van der Waals surface area contributed by atoms with E-state index in [0.717, 1.165) is 6.20 Å². The van der Waals surface area contributed by atoms with Crippen LogP contribution in [0.25, 0.3) is 0 Å². The number of pyridine rings is 1. The number of aliphatic hydroxyl groups excluding tert-OH is 1. The van der Waals surface area contributed by atoms with Crippen molar-refractivity contribution in [1.29, 1.82) is 0 Å². The van der Waals surface area contributed by atoms with Gasteiger partial charge in [0.2, 0.25) is 0 Å². The van der Waals surface area contributed by atoms with Gasteiger partial charge < -0.3 is 5.11 Å². The van der Waals surface area contributed by atoms with E-state index in [1.165, 1.54) is 6.20 Å². The third-order valence-electron chi connectivity index (χ3n) is 1.38. The van der Waals surface area contributed by atoms with Crippen molar-refractivity contribution >= 4 is 0 Å². The van der Waals surface area contributed by atoms with Gasteiger partial charge in [0.25, 0.3) is 0 Å². The average molecular weight is 141 g/mol. The first kappa shape index (κ1) is 7.15. The highest BCUT2D eigenvalue weighted by molar-refractivity contribution is 5.22. The molecule has 0 bridgehead atoms. The molecule has 1 rings (SSSR count). The first-order chi connectivity index (χ1) is 4.75. The van der Waals surface area contributed by atoms with Gasteiger partial charge >= 0.3 is 0 Å². The van der Waals surface area contributed by atoms with Crippen LogP contribution in [0.1, 0.15) is 11.1 Å². The summed E-state index contributed by atoms with van der Waals surface area (Å²) in [5.74, 6) is -0.442. The minimum atomic E-state index is -0.442. The summed E-state index contributed by atoms with van der Waals surface area (Å²) < 4.78 is 12.6. The van der Waals surface area contributed by atoms with Gasteiger partial charge in [0.1, 0.15) is 5.82 Å². The zero-order chi connectivity index (χ0) is 7.56. The quantitative estimate of drug-likeness (QED) is 0.633. The number of rotatable bonds is 1. The normalized spacial score (nSPS) is 9.90.